The van der Waals surface area contributed by atoms with E-state index in [4.69, 9.17) is 0 Å². The average Bonchev–Trinajstić information content (AvgIpc) is 2.97. The maximum Gasteiger partial charge on any atom is 0.261 e. The van der Waals surface area contributed by atoms with Gasteiger partial charge in [0, 0.05) is 13.0 Å². The van der Waals surface area contributed by atoms with Crippen molar-refractivity contribution in [3.63, 3.8) is 0 Å². The van der Waals surface area contributed by atoms with E-state index in [1.807, 2.05) is 12.3 Å². The van der Waals surface area contributed by atoms with Crippen molar-refractivity contribution in [2.75, 3.05) is 11.9 Å². The second-order valence-corrected chi connectivity index (χ2v) is 5.46. The van der Waals surface area contributed by atoms with Crippen LogP contribution in [-0.4, -0.2) is 18.4 Å². The standard InChI is InChI=1S/C15H15FN2O2S/c1-10-4-5-11(16)12(9-10)18-14(19)6-7-17-15(20)13-3-2-8-21-13/h2-5,8-9H,6-7H2,1H3,(H,17,20)(H,18,19). The van der Waals surface area contributed by atoms with Gasteiger partial charge in [-0.1, -0.05) is 12.1 Å². The molecule has 2 aromatic rings. The summed E-state index contributed by atoms with van der Waals surface area (Å²) in [4.78, 5) is 24.0. The summed E-state index contributed by atoms with van der Waals surface area (Å²) in [6.45, 7) is 2.02. The lowest BCUT2D eigenvalue weighted by atomic mass is 10.2. The van der Waals surface area contributed by atoms with Crippen LogP contribution in [0.15, 0.2) is 35.7 Å². The molecule has 0 fully saturated rings. The summed E-state index contributed by atoms with van der Waals surface area (Å²) in [6.07, 6.45) is 0.0878. The number of carbonyl (C=O) groups is 2. The van der Waals surface area contributed by atoms with Crippen LogP contribution >= 0.6 is 11.3 Å². The molecule has 0 saturated heterocycles. The molecule has 0 spiro atoms. The van der Waals surface area contributed by atoms with Gasteiger partial charge >= 0.3 is 0 Å². The largest absolute Gasteiger partial charge is 0.351 e. The number of nitrogens with one attached hydrogen (secondary N) is 2. The highest BCUT2D eigenvalue weighted by Gasteiger charge is 2.09. The summed E-state index contributed by atoms with van der Waals surface area (Å²) in [6, 6.07) is 8.00. The van der Waals surface area contributed by atoms with E-state index < -0.39 is 5.82 Å². The van der Waals surface area contributed by atoms with Crippen molar-refractivity contribution in [2.45, 2.75) is 13.3 Å². The van der Waals surface area contributed by atoms with Crippen molar-refractivity contribution >= 4 is 28.8 Å². The first-order chi connectivity index (χ1) is 10.1. The van der Waals surface area contributed by atoms with E-state index in [2.05, 4.69) is 10.6 Å². The number of hydrogen-bond donors (Lipinski definition) is 2. The van der Waals surface area contributed by atoms with Crippen molar-refractivity contribution in [3.05, 3.63) is 52.0 Å². The Morgan fingerprint density at radius 2 is 2.10 bits per heavy atom. The van der Waals surface area contributed by atoms with Gasteiger partial charge in [-0.25, -0.2) is 4.39 Å². The number of halogens is 1. The van der Waals surface area contributed by atoms with Crippen molar-refractivity contribution in [1.29, 1.82) is 0 Å². The molecule has 110 valence electrons. The van der Waals surface area contributed by atoms with Crippen LogP contribution in [0, 0.1) is 12.7 Å². The molecule has 21 heavy (non-hydrogen) atoms. The summed E-state index contributed by atoms with van der Waals surface area (Å²) in [5.41, 5.74) is 1.02. The zero-order valence-electron chi connectivity index (χ0n) is 11.5. The summed E-state index contributed by atoms with van der Waals surface area (Å²) in [7, 11) is 0. The fourth-order valence-corrected chi connectivity index (χ4v) is 2.37. The predicted molar refractivity (Wildman–Crippen MR) is 81.0 cm³/mol. The molecular formula is C15H15FN2O2S. The van der Waals surface area contributed by atoms with E-state index in [-0.39, 0.29) is 30.5 Å². The van der Waals surface area contributed by atoms with Crippen LogP contribution in [-0.2, 0) is 4.79 Å². The Morgan fingerprint density at radius 3 is 2.81 bits per heavy atom. The molecule has 2 N–H and O–H groups in total. The zero-order valence-corrected chi connectivity index (χ0v) is 12.3. The van der Waals surface area contributed by atoms with Gasteiger partial charge in [-0.15, -0.1) is 11.3 Å². The number of anilines is 1. The topological polar surface area (TPSA) is 58.2 Å². The number of thiophene rings is 1. The highest BCUT2D eigenvalue weighted by Crippen LogP contribution is 2.15. The van der Waals surface area contributed by atoms with Crippen molar-refractivity contribution in [2.24, 2.45) is 0 Å². The fraction of sp³-hybridized carbons (Fsp3) is 0.200. The Hall–Kier alpha value is -2.21. The number of hydrogen-bond acceptors (Lipinski definition) is 3. The SMILES string of the molecule is Cc1ccc(F)c(NC(=O)CCNC(=O)c2cccs2)c1. The lowest BCUT2D eigenvalue weighted by Crippen LogP contribution is -2.27. The third kappa shape index (κ3) is 4.39. The molecule has 4 nitrogen and oxygen atoms in total. The zero-order chi connectivity index (χ0) is 15.2. The molecular weight excluding hydrogens is 291 g/mol. The quantitative estimate of drug-likeness (QED) is 0.892. The summed E-state index contributed by atoms with van der Waals surface area (Å²) < 4.78 is 13.5. The van der Waals surface area contributed by atoms with Crippen LogP contribution in [0.25, 0.3) is 0 Å². The molecule has 0 unspecified atom stereocenters. The Labute approximate surface area is 126 Å². The second-order valence-electron chi connectivity index (χ2n) is 4.51. The second kappa shape index (κ2) is 6.99. The van der Waals surface area contributed by atoms with E-state index in [1.54, 1.807) is 24.3 Å². The number of rotatable bonds is 5. The van der Waals surface area contributed by atoms with Crippen LogP contribution in [0.3, 0.4) is 0 Å². The van der Waals surface area contributed by atoms with Crippen molar-refractivity contribution < 1.29 is 14.0 Å². The molecule has 0 aliphatic carbocycles. The molecule has 2 amide bonds. The van der Waals surface area contributed by atoms with Crippen molar-refractivity contribution in [1.82, 2.24) is 5.32 Å². The van der Waals surface area contributed by atoms with E-state index >= 15 is 0 Å². The van der Waals surface area contributed by atoms with Crippen LogP contribution in [0.1, 0.15) is 21.7 Å². The Morgan fingerprint density at radius 1 is 1.29 bits per heavy atom. The summed E-state index contributed by atoms with van der Waals surface area (Å²) in [5, 5.41) is 6.95. The minimum absolute atomic E-state index is 0.0878. The smallest absolute Gasteiger partial charge is 0.261 e. The summed E-state index contributed by atoms with van der Waals surface area (Å²) >= 11 is 1.33. The maximum atomic E-state index is 13.5. The molecule has 2 rings (SSSR count). The molecule has 1 aromatic heterocycles. The molecule has 0 saturated carbocycles. The normalized spacial score (nSPS) is 10.2. The van der Waals surface area contributed by atoms with Gasteiger partial charge < -0.3 is 10.6 Å². The highest BCUT2D eigenvalue weighted by atomic mass is 32.1. The van der Waals surface area contributed by atoms with Crippen LogP contribution in [0.4, 0.5) is 10.1 Å². The van der Waals surface area contributed by atoms with E-state index in [9.17, 15) is 14.0 Å². The van der Waals surface area contributed by atoms with Gasteiger partial charge in [0.25, 0.3) is 5.91 Å². The Kier molecular flexibility index (Phi) is 5.05. The molecule has 0 atom stereocenters. The summed E-state index contributed by atoms with van der Waals surface area (Å²) in [5.74, 6) is -1.03. The number of amides is 2. The van der Waals surface area contributed by atoms with Gasteiger partial charge in [0.2, 0.25) is 5.91 Å². The van der Waals surface area contributed by atoms with Gasteiger partial charge in [-0.3, -0.25) is 9.59 Å². The number of carbonyl (C=O) groups excluding carboxylic acids is 2. The monoisotopic (exact) mass is 306 g/mol. The van der Waals surface area contributed by atoms with E-state index in [0.717, 1.165) is 5.56 Å². The van der Waals surface area contributed by atoms with Gasteiger partial charge in [0.05, 0.1) is 10.6 Å². The molecule has 1 heterocycles. The first-order valence-electron chi connectivity index (χ1n) is 6.44. The molecule has 6 heteroatoms. The predicted octanol–water partition coefficient (Wildman–Crippen LogP) is 2.95. The third-order valence-electron chi connectivity index (χ3n) is 2.78. The first-order valence-corrected chi connectivity index (χ1v) is 7.32. The van der Waals surface area contributed by atoms with Gasteiger partial charge in [0.1, 0.15) is 5.82 Å². The lowest BCUT2D eigenvalue weighted by Gasteiger charge is -2.08. The molecule has 0 aliphatic rings. The minimum Gasteiger partial charge on any atom is -0.351 e. The molecule has 0 bridgehead atoms. The maximum absolute atomic E-state index is 13.5. The average molecular weight is 306 g/mol. The third-order valence-corrected chi connectivity index (χ3v) is 3.65. The molecule has 0 aliphatic heterocycles. The Balaban J connectivity index is 1.80. The van der Waals surface area contributed by atoms with Gasteiger partial charge in [0.15, 0.2) is 0 Å². The highest BCUT2D eigenvalue weighted by molar-refractivity contribution is 7.12. The van der Waals surface area contributed by atoms with Crippen LogP contribution in [0.5, 0.6) is 0 Å². The number of aryl methyl sites for hydroxylation is 1. The first kappa shape index (κ1) is 15.2. The van der Waals surface area contributed by atoms with Crippen LogP contribution < -0.4 is 10.6 Å². The molecule has 0 radical (unpaired) electrons. The van der Waals surface area contributed by atoms with Gasteiger partial charge in [-0.2, -0.15) is 0 Å². The van der Waals surface area contributed by atoms with E-state index in [0.29, 0.717) is 4.88 Å². The lowest BCUT2D eigenvalue weighted by molar-refractivity contribution is -0.116. The minimum atomic E-state index is -0.475. The number of benzene rings is 1. The fourth-order valence-electron chi connectivity index (χ4n) is 1.73. The van der Waals surface area contributed by atoms with E-state index in [1.165, 1.54) is 17.4 Å². The molecule has 1 aromatic carbocycles. The van der Waals surface area contributed by atoms with Crippen molar-refractivity contribution in [3.8, 4) is 0 Å². The Bertz CT molecular complexity index is 641. The van der Waals surface area contributed by atoms with Gasteiger partial charge in [-0.05, 0) is 36.1 Å². The van der Waals surface area contributed by atoms with Crippen LogP contribution in [0.2, 0.25) is 0 Å².